The summed E-state index contributed by atoms with van der Waals surface area (Å²) in [5, 5.41) is 0.817. The second-order valence-electron chi connectivity index (χ2n) is 11.1. The van der Waals surface area contributed by atoms with Crippen LogP contribution >= 0.6 is 59.5 Å². The number of hydrogen-bond donors (Lipinski definition) is 0. The highest BCUT2D eigenvalue weighted by molar-refractivity contribution is 9.11. The lowest BCUT2D eigenvalue weighted by Gasteiger charge is -2.14. The van der Waals surface area contributed by atoms with E-state index in [4.69, 9.17) is 55.7 Å². The molecule has 0 amide bonds. The largest absolute Gasteiger partial charge is 0.491 e. The van der Waals surface area contributed by atoms with Crippen molar-refractivity contribution in [2.45, 2.75) is 6.32 Å². The van der Waals surface area contributed by atoms with E-state index in [1.807, 2.05) is 48.5 Å². The first-order chi connectivity index (χ1) is 26.1. The van der Waals surface area contributed by atoms with Gasteiger partial charge in [-0.1, -0.05) is 22.3 Å². The van der Waals surface area contributed by atoms with E-state index < -0.39 is 0 Å². The van der Waals surface area contributed by atoms with Gasteiger partial charge in [-0.2, -0.15) is 8.75 Å². The Labute approximate surface area is 339 Å². The molecule has 0 atom stereocenters. The molecule has 0 bridgehead atoms. The molecule has 2 aromatic heterocycles. The monoisotopic (exact) mass is 936 g/mol. The molecule has 53 heavy (non-hydrogen) atoms. The Balaban J connectivity index is 1.20. The molecular weight excluding hydrogens is 899 g/mol. The first-order valence-electron chi connectivity index (χ1n) is 17.1. The number of fused-ring (bicyclic) bond motifs is 2. The molecule has 12 nitrogen and oxygen atoms in total. The van der Waals surface area contributed by atoms with E-state index in [0.717, 1.165) is 53.9 Å². The Bertz CT molecular complexity index is 1700. The lowest BCUT2D eigenvalue weighted by molar-refractivity contribution is 0.0114. The standard InChI is InChI=1S/C36H40BBr3N4O8S/c37-9-11-45-13-15-47-17-19-49-21-23-51-27-5-1-25(2-6-27)31-32(42-34-30(40)36-35(43-53-44-36)29(39)33(34)41-31)26-3-7-28(8-4-26)52-24-22-50-20-18-48-16-14-46-12-10-38/h1-8H,9-24H2. The van der Waals surface area contributed by atoms with Crippen molar-refractivity contribution < 1.29 is 37.9 Å². The third kappa shape index (κ3) is 12.9. The average Bonchev–Trinajstić information content (AvgIpc) is 3.69. The molecular formula is C36H40BBr3N4O8S. The molecule has 0 fully saturated rings. The second-order valence-corrected chi connectivity index (χ2v) is 14.0. The number of nitrogens with zero attached hydrogens (tertiary/aromatic N) is 4. The van der Waals surface area contributed by atoms with Gasteiger partial charge in [0.15, 0.2) is 0 Å². The smallest absolute Gasteiger partial charge is 0.122 e. The Morgan fingerprint density at radius 2 is 0.830 bits per heavy atom. The molecule has 0 saturated heterocycles. The molecule has 0 saturated carbocycles. The Morgan fingerprint density at radius 1 is 0.472 bits per heavy atom. The van der Waals surface area contributed by atoms with Crippen LogP contribution in [0, 0.1) is 0 Å². The average molecular weight is 939 g/mol. The molecule has 0 unspecified atom stereocenters. The number of hydrogen-bond acceptors (Lipinski definition) is 13. The van der Waals surface area contributed by atoms with Gasteiger partial charge in [-0.15, -0.1) is 0 Å². The van der Waals surface area contributed by atoms with Crippen LogP contribution in [-0.2, 0) is 28.4 Å². The zero-order chi connectivity index (χ0) is 37.1. The van der Waals surface area contributed by atoms with Crippen LogP contribution in [0.4, 0.5) is 0 Å². The Morgan fingerprint density at radius 3 is 1.21 bits per heavy atom. The highest BCUT2D eigenvalue weighted by Crippen LogP contribution is 2.40. The van der Waals surface area contributed by atoms with Gasteiger partial charge in [0.1, 0.15) is 46.8 Å². The van der Waals surface area contributed by atoms with Crippen LogP contribution in [0.5, 0.6) is 11.5 Å². The minimum Gasteiger partial charge on any atom is -0.491 e. The number of ether oxygens (including phenoxy) is 8. The van der Waals surface area contributed by atoms with Crippen molar-refractivity contribution in [2.75, 3.05) is 97.8 Å². The van der Waals surface area contributed by atoms with Gasteiger partial charge in [0, 0.05) is 23.1 Å². The van der Waals surface area contributed by atoms with Crippen molar-refractivity contribution in [1.29, 1.82) is 0 Å². The van der Waals surface area contributed by atoms with E-state index in [9.17, 15) is 0 Å². The molecule has 0 aliphatic heterocycles. The van der Waals surface area contributed by atoms with Crippen molar-refractivity contribution in [3.63, 3.8) is 0 Å². The van der Waals surface area contributed by atoms with Crippen LogP contribution in [0.2, 0.25) is 6.32 Å². The van der Waals surface area contributed by atoms with Gasteiger partial charge in [-0.05, 0) is 80.4 Å². The number of benzene rings is 3. The van der Waals surface area contributed by atoms with E-state index in [2.05, 4.69) is 56.5 Å². The molecule has 5 aromatic rings. The molecule has 0 aliphatic carbocycles. The maximum absolute atomic E-state index is 5.93. The predicted octanol–water partition coefficient (Wildman–Crippen LogP) is 7.33. The topological polar surface area (TPSA) is 125 Å². The van der Waals surface area contributed by atoms with E-state index in [-0.39, 0.29) is 0 Å². The molecule has 5 rings (SSSR count). The molecule has 0 spiro atoms. The highest BCUT2D eigenvalue weighted by atomic mass is 79.9. The van der Waals surface area contributed by atoms with Crippen molar-refractivity contribution in [3.05, 3.63) is 57.5 Å². The van der Waals surface area contributed by atoms with Crippen molar-refractivity contribution >= 4 is 89.4 Å². The quantitative estimate of drug-likeness (QED) is 0.0313. The van der Waals surface area contributed by atoms with Gasteiger partial charge in [-0.25, -0.2) is 9.97 Å². The number of alkyl halides is 1. The summed E-state index contributed by atoms with van der Waals surface area (Å²) in [6.07, 6.45) is 0.506. The second kappa shape index (κ2) is 23.6. The van der Waals surface area contributed by atoms with Gasteiger partial charge in [0.25, 0.3) is 0 Å². The molecule has 17 heteroatoms. The van der Waals surface area contributed by atoms with Crippen LogP contribution < -0.4 is 9.47 Å². The van der Waals surface area contributed by atoms with Crippen molar-refractivity contribution in [3.8, 4) is 34.0 Å². The van der Waals surface area contributed by atoms with Crippen LogP contribution in [0.15, 0.2) is 57.5 Å². The van der Waals surface area contributed by atoms with Gasteiger partial charge < -0.3 is 37.9 Å². The number of aromatic nitrogens is 4. The van der Waals surface area contributed by atoms with Crippen LogP contribution in [-0.4, -0.2) is 124 Å². The fraction of sp³-hybridized carbons (Fsp3) is 0.444. The van der Waals surface area contributed by atoms with E-state index >= 15 is 0 Å². The fourth-order valence-electron chi connectivity index (χ4n) is 4.92. The summed E-state index contributed by atoms with van der Waals surface area (Å²) in [5.74, 6) is 1.44. The summed E-state index contributed by atoms with van der Waals surface area (Å²) in [7, 11) is 5.40. The van der Waals surface area contributed by atoms with Gasteiger partial charge >= 0.3 is 0 Å². The van der Waals surface area contributed by atoms with Crippen LogP contribution in [0.25, 0.3) is 44.6 Å². The lowest BCUT2D eigenvalue weighted by Crippen LogP contribution is -2.13. The Hall–Kier alpha value is -2.32. The summed E-state index contributed by atoms with van der Waals surface area (Å²) in [6.45, 7) is 7.03. The van der Waals surface area contributed by atoms with Crippen LogP contribution in [0.3, 0.4) is 0 Å². The van der Waals surface area contributed by atoms with E-state index in [1.165, 1.54) is 0 Å². The molecule has 0 aliphatic rings. The molecule has 3 aromatic carbocycles. The maximum atomic E-state index is 5.93. The predicted molar refractivity (Wildman–Crippen MR) is 217 cm³/mol. The molecule has 282 valence electrons. The van der Waals surface area contributed by atoms with E-state index in [1.54, 1.807) is 0 Å². The van der Waals surface area contributed by atoms with Crippen LogP contribution in [0.1, 0.15) is 0 Å². The third-order valence-electron chi connectivity index (χ3n) is 7.44. The summed E-state index contributed by atoms with van der Waals surface area (Å²) >= 11 is 11.9. The maximum Gasteiger partial charge on any atom is 0.122 e. The number of rotatable bonds is 26. The van der Waals surface area contributed by atoms with Crippen molar-refractivity contribution in [1.82, 2.24) is 18.7 Å². The highest BCUT2D eigenvalue weighted by Gasteiger charge is 2.21. The van der Waals surface area contributed by atoms with E-state index in [0.29, 0.717) is 127 Å². The SMILES string of the molecule is [B]CCOCCOCCOCCOc1ccc(-c2nc3c(Br)c4nsnc4c(Br)c3nc2-c2ccc(OCCOCCOCCOCCBr)cc2)cc1. The zero-order valence-corrected chi connectivity index (χ0v) is 34.7. The summed E-state index contributed by atoms with van der Waals surface area (Å²) in [5.41, 5.74) is 5.96. The fourth-order valence-corrected chi connectivity index (χ4v) is 7.05. The summed E-state index contributed by atoms with van der Waals surface area (Å²) in [4.78, 5) is 10.3. The van der Waals surface area contributed by atoms with Gasteiger partial charge in [0.05, 0.1) is 113 Å². The first kappa shape index (κ1) is 41.8. The number of halogens is 3. The molecule has 0 N–H and O–H groups in total. The summed E-state index contributed by atoms with van der Waals surface area (Å²) in [6, 6.07) is 15.6. The molecule has 2 heterocycles. The summed E-state index contributed by atoms with van der Waals surface area (Å²) < 4.78 is 55.2. The van der Waals surface area contributed by atoms with Crippen molar-refractivity contribution in [2.24, 2.45) is 0 Å². The minimum absolute atomic E-state index is 0.404. The zero-order valence-electron chi connectivity index (χ0n) is 29.1. The van der Waals surface area contributed by atoms with Gasteiger partial charge in [0.2, 0.25) is 0 Å². The minimum atomic E-state index is 0.404. The normalized spacial score (nSPS) is 11.5. The lowest BCUT2D eigenvalue weighted by atomic mass is 10.0. The molecule has 2 radical (unpaired) electrons. The third-order valence-corrected chi connectivity index (χ3v) is 9.79. The van der Waals surface area contributed by atoms with Gasteiger partial charge in [-0.3, -0.25) is 0 Å². The Kier molecular flexibility index (Phi) is 18.6. The first-order valence-corrected chi connectivity index (χ1v) is 20.5.